The van der Waals surface area contributed by atoms with E-state index in [9.17, 15) is 0 Å². The highest BCUT2D eigenvalue weighted by Crippen LogP contribution is 2.17. The molecule has 0 heterocycles. The Labute approximate surface area is 80.3 Å². The fourth-order valence-corrected chi connectivity index (χ4v) is 1.42. The van der Waals surface area contributed by atoms with Gasteiger partial charge in [0.1, 0.15) is 0 Å². The third kappa shape index (κ3) is 2.19. The van der Waals surface area contributed by atoms with E-state index in [1.54, 1.807) is 0 Å². The molecule has 0 saturated carbocycles. The fraction of sp³-hybridized carbons (Fsp3) is 0.333. The van der Waals surface area contributed by atoms with Crippen molar-refractivity contribution in [2.75, 3.05) is 0 Å². The van der Waals surface area contributed by atoms with Crippen molar-refractivity contribution >= 4 is 5.57 Å². The zero-order valence-corrected chi connectivity index (χ0v) is 8.43. The van der Waals surface area contributed by atoms with Crippen molar-refractivity contribution in [1.29, 1.82) is 0 Å². The Morgan fingerprint density at radius 3 is 2.54 bits per heavy atom. The third-order valence-electron chi connectivity index (χ3n) is 2.30. The molecule has 0 aliphatic heterocycles. The van der Waals surface area contributed by atoms with Gasteiger partial charge < -0.3 is 5.73 Å². The number of rotatable bonds is 3. The molecule has 0 aromatic heterocycles. The second-order valence-electron chi connectivity index (χ2n) is 3.32. The van der Waals surface area contributed by atoms with Gasteiger partial charge in [-0.15, -0.1) is 0 Å². The summed E-state index contributed by atoms with van der Waals surface area (Å²) in [6, 6.07) is 6.37. The maximum Gasteiger partial charge on any atom is 0.0180 e. The largest absolute Gasteiger partial charge is 0.326 e. The molecule has 1 rings (SSSR count). The lowest BCUT2D eigenvalue weighted by Gasteiger charge is -2.08. The van der Waals surface area contributed by atoms with E-state index in [2.05, 4.69) is 31.7 Å². The zero-order valence-electron chi connectivity index (χ0n) is 8.43. The Morgan fingerprint density at radius 2 is 2.08 bits per heavy atom. The van der Waals surface area contributed by atoms with Crippen LogP contribution in [0.15, 0.2) is 24.8 Å². The first-order chi connectivity index (χ1) is 6.19. The van der Waals surface area contributed by atoms with E-state index in [0.29, 0.717) is 6.54 Å². The Morgan fingerprint density at radius 1 is 1.38 bits per heavy atom. The van der Waals surface area contributed by atoms with Crippen molar-refractivity contribution in [3.63, 3.8) is 0 Å². The quantitative estimate of drug-likeness (QED) is 0.751. The molecular formula is C12H17N. The van der Waals surface area contributed by atoms with Crippen molar-refractivity contribution in [3.8, 4) is 0 Å². The minimum absolute atomic E-state index is 0.625. The molecule has 0 aliphatic carbocycles. The average Bonchev–Trinajstić information content (AvgIpc) is 2.16. The summed E-state index contributed by atoms with van der Waals surface area (Å²) in [7, 11) is 0. The molecule has 0 unspecified atom stereocenters. The molecule has 1 aromatic carbocycles. The predicted molar refractivity (Wildman–Crippen MR) is 58.4 cm³/mol. The first kappa shape index (κ1) is 10.0. The molecular weight excluding hydrogens is 158 g/mol. The molecule has 0 atom stereocenters. The van der Waals surface area contributed by atoms with Gasteiger partial charge in [-0.1, -0.05) is 37.3 Å². The van der Waals surface area contributed by atoms with Crippen LogP contribution < -0.4 is 5.73 Å². The van der Waals surface area contributed by atoms with E-state index >= 15 is 0 Å². The van der Waals surface area contributed by atoms with Gasteiger partial charge >= 0.3 is 0 Å². The molecule has 0 bridgehead atoms. The average molecular weight is 175 g/mol. The normalized spacial score (nSPS) is 10.1. The van der Waals surface area contributed by atoms with Crippen molar-refractivity contribution < 1.29 is 0 Å². The summed E-state index contributed by atoms with van der Waals surface area (Å²) >= 11 is 0. The Bertz CT molecular complexity index is 313. The SMILES string of the molecule is C=C(C)c1ccc(CN)c(CC)c1. The van der Waals surface area contributed by atoms with E-state index in [1.807, 2.05) is 6.92 Å². The van der Waals surface area contributed by atoms with E-state index in [1.165, 1.54) is 16.7 Å². The van der Waals surface area contributed by atoms with Crippen LogP contribution in [0.2, 0.25) is 0 Å². The molecule has 2 N–H and O–H groups in total. The molecule has 1 nitrogen and oxygen atoms in total. The molecule has 0 fully saturated rings. The molecule has 70 valence electrons. The summed E-state index contributed by atoms with van der Waals surface area (Å²) in [6.07, 6.45) is 1.04. The number of hydrogen-bond donors (Lipinski definition) is 1. The summed E-state index contributed by atoms with van der Waals surface area (Å²) in [4.78, 5) is 0. The van der Waals surface area contributed by atoms with Gasteiger partial charge in [0.25, 0.3) is 0 Å². The number of aryl methyl sites for hydroxylation is 1. The van der Waals surface area contributed by atoms with Crippen LogP contribution in [0.4, 0.5) is 0 Å². The summed E-state index contributed by atoms with van der Waals surface area (Å²) in [5, 5.41) is 0. The topological polar surface area (TPSA) is 26.0 Å². The standard InChI is InChI=1S/C12H17N/c1-4-10-7-11(9(2)3)5-6-12(10)8-13/h5-7H,2,4,8,13H2,1,3H3. The van der Waals surface area contributed by atoms with Crippen LogP contribution in [0.1, 0.15) is 30.5 Å². The van der Waals surface area contributed by atoms with Crippen molar-refractivity contribution in [2.45, 2.75) is 26.8 Å². The predicted octanol–water partition coefficient (Wildman–Crippen LogP) is 2.74. The van der Waals surface area contributed by atoms with Crippen molar-refractivity contribution in [2.24, 2.45) is 5.73 Å². The van der Waals surface area contributed by atoms with Gasteiger partial charge in [0.2, 0.25) is 0 Å². The molecule has 0 aliphatic rings. The summed E-state index contributed by atoms with van der Waals surface area (Å²) in [5.74, 6) is 0. The lowest BCUT2D eigenvalue weighted by Crippen LogP contribution is -2.01. The van der Waals surface area contributed by atoms with Crippen molar-refractivity contribution in [1.82, 2.24) is 0 Å². The van der Waals surface area contributed by atoms with Crippen LogP contribution in [0.5, 0.6) is 0 Å². The summed E-state index contributed by atoms with van der Waals surface area (Å²) in [5.41, 5.74) is 10.5. The zero-order chi connectivity index (χ0) is 9.84. The highest BCUT2D eigenvalue weighted by atomic mass is 14.5. The minimum atomic E-state index is 0.625. The molecule has 0 amide bonds. The molecule has 0 spiro atoms. The van der Waals surface area contributed by atoms with Crippen LogP contribution in [0, 0.1) is 0 Å². The molecule has 1 aromatic rings. The maximum absolute atomic E-state index is 5.63. The second-order valence-corrected chi connectivity index (χ2v) is 3.32. The first-order valence-electron chi connectivity index (χ1n) is 4.66. The highest BCUT2D eigenvalue weighted by molar-refractivity contribution is 5.62. The summed E-state index contributed by atoms with van der Waals surface area (Å²) in [6.45, 7) is 8.72. The summed E-state index contributed by atoms with van der Waals surface area (Å²) < 4.78 is 0. The monoisotopic (exact) mass is 175 g/mol. The number of nitrogens with two attached hydrogens (primary N) is 1. The van der Waals surface area contributed by atoms with E-state index in [0.717, 1.165) is 12.0 Å². The number of hydrogen-bond acceptors (Lipinski definition) is 1. The Hall–Kier alpha value is -1.08. The van der Waals surface area contributed by atoms with Gasteiger partial charge in [-0.05, 0) is 30.0 Å². The van der Waals surface area contributed by atoms with Crippen LogP contribution in [0.25, 0.3) is 5.57 Å². The van der Waals surface area contributed by atoms with Crippen molar-refractivity contribution in [3.05, 3.63) is 41.5 Å². The maximum atomic E-state index is 5.63. The van der Waals surface area contributed by atoms with E-state index < -0.39 is 0 Å². The fourth-order valence-electron chi connectivity index (χ4n) is 1.42. The second kappa shape index (κ2) is 4.24. The molecule has 0 radical (unpaired) electrons. The van der Waals surface area contributed by atoms with Crippen LogP contribution >= 0.6 is 0 Å². The van der Waals surface area contributed by atoms with E-state index in [-0.39, 0.29) is 0 Å². The Kier molecular flexibility index (Phi) is 3.26. The minimum Gasteiger partial charge on any atom is -0.326 e. The third-order valence-corrected chi connectivity index (χ3v) is 2.30. The molecule has 13 heavy (non-hydrogen) atoms. The van der Waals surface area contributed by atoms with E-state index in [4.69, 9.17) is 5.73 Å². The highest BCUT2D eigenvalue weighted by Gasteiger charge is 2.00. The van der Waals surface area contributed by atoms with Gasteiger partial charge in [-0.2, -0.15) is 0 Å². The van der Waals surface area contributed by atoms with Crippen LogP contribution in [-0.2, 0) is 13.0 Å². The molecule has 0 saturated heterocycles. The van der Waals surface area contributed by atoms with Crippen LogP contribution in [-0.4, -0.2) is 0 Å². The lowest BCUT2D eigenvalue weighted by atomic mass is 9.99. The number of allylic oxidation sites excluding steroid dienone is 1. The molecule has 1 heteroatoms. The van der Waals surface area contributed by atoms with Crippen LogP contribution in [0.3, 0.4) is 0 Å². The first-order valence-corrected chi connectivity index (χ1v) is 4.66. The van der Waals surface area contributed by atoms with Gasteiger partial charge in [-0.25, -0.2) is 0 Å². The smallest absolute Gasteiger partial charge is 0.0180 e. The van der Waals surface area contributed by atoms with Gasteiger partial charge in [0.05, 0.1) is 0 Å². The number of benzene rings is 1. The van der Waals surface area contributed by atoms with Gasteiger partial charge in [-0.3, -0.25) is 0 Å². The lowest BCUT2D eigenvalue weighted by molar-refractivity contribution is 1.00. The van der Waals surface area contributed by atoms with Gasteiger partial charge in [0, 0.05) is 6.54 Å². The van der Waals surface area contributed by atoms with Gasteiger partial charge in [0.15, 0.2) is 0 Å². The Balaban J connectivity index is 3.13.